The number of thiophene rings is 1. The van der Waals surface area contributed by atoms with E-state index in [9.17, 15) is 0 Å². The maximum absolute atomic E-state index is 5.95. The number of hydrogen-bond donors (Lipinski definition) is 1. The lowest BCUT2D eigenvalue weighted by molar-refractivity contribution is 0.271. The van der Waals surface area contributed by atoms with Gasteiger partial charge in [0.1, 0.15) is 0 Å². The molecule has 1 saturated carbocycles. The average Bonchev–Trinajstić information content (AvgIpc) is 2.74. The van der Waals surface area contributed by atoms with Crippen molar-refractivity contribution in [2.45, 2.75) is 51.6 Å². The molecule has 1 N–H and O–H groups in total. The summed E-state index contributed by atoms with van der Waals surface area (Å²) in [6, 6.07) is 11.7. The Hall–Kier alpha value is -0.830. The van der Waals surface area contributed by atoms with E-state index in [4.69, 9.17) is 11.6 Å². The highest BCUT2D eigenvalue weighted by atomic mass is 35.5. The summed E-state index contributed by atoms with van der Waals surface area (Å²) in [5, 5.41) is 4.60. The van der Waals surface area contributed by atoms with Crippen LogP contribution in [0, 0.1) is 13.8 Å². The van der Waals surface area contributed by atoms with E-state index in [0.717, 1.165) is 5.02 Å². The lowest BCUT2D eigenvalue weighted by Crippen LogP contribution is -2.41. The summed E-state index contributed by atoms with van der Waals surface area (Å²) in [4.78, 5) is 2.85. The molecule has 0 saturated heterocycles. The summed E-state index contributed by atoms with van der Waals surface area (Å²) in [6.07, 6.45) is 2.46. The first-order valence-corrected chi connectivity index (χ1v) is 8.81. The van der Waals surface area contributed by atoms with E-state index >= 15 is 0 Å². The first-order valence-electron chi connectivity index (χ1n) is 7.61. The van der Waals surface area contributed by atoms with Crippen LogP contribution in [0.5, 0.6) is 0 Å². The minimum Gasteiger partial charge on any atom is -0.307 e. The normalized spacial score (nSPS) is 22.9. The van der Waals surface area contributed by atoms with E-state index in [2.05, 4.69) is 44.3 Å². The molecular weight excluding hydrogens is 298 g/mol. The molecule has 1 heterocycles. The third kappa shape index (κ3) is 3.33. The zero-order chi connectivity index (χ0) is 15.0. The Morgan fingerprint density at radius 2 is 1.86 bits per heavy atom. The lowest BCUT2D eigenvalue weighted by Gasteiger charge is -2.38. The highest BCUT2D eigenvalue weighted by Crippen LogP contribution is 2.38. The van der Waals surface area contributed by atoms with Crippen LogP contribution in [-0.4, -0.2) is 6.04 Å². The smallest absolute Gasteiger partial charge is 0.0406 e. The molecule has 1 nitrogen and oxygen atoms in total. The van der Waals surface area contributed by atoms with Crippen molar-refractivity contribution in [2.24, 2.45) is 0 Å². The molecular formula is C18H22ClNS. The number of nitrogens with one attached hydrogen (secondary N) is 1. The van der Waals surface area contributed by atoms with Crippen LogP contribution in [0.3, 0.4) is 0 Å². The van der Waals surface area contributed by atoms with Crippen molar-refractivity contribution in [3.63, 3.8) is 0 Å². The molecule has 3 heteroatoms. The molecule has 1 aromatic carbocycles. The second-order valence-corrected chi connectivity index (χ2v) is 8.07. The van der Waals surface area contributed by atoms with Gasteiger partial charge in [-0.1, -0.05) is 23.7 Å². The van der Waals surface area contributed by atoms with Gasteiger partial charge in [-0.25, -0.2) is 0 Å². The molecule has 0 radical (unpaired) electrons. The Labute approximate surface area is 136 Å². The van der Waals surface area contributed by atoms with Crippen LogP contribution < -0.4 is 5.32 Å². The molecule has 21 heavy (non-hydrogen) atoms. The van der Waals surface area contributed by atoms with Crippen LogP contribution in [-0.2, 0) is 0 Å². The lowest BCUT2D eigenvalue weighted by atomic mass is 9.75. The number of aryl methyl sites for hydroxylation is 2. The molecule has 1 aliphatic rings. The van der Waals surface area contributed by atoms with Crippen molar-refractivity contribution in [2.75, 3.05) is 0 Å². The summed E-state index contributed by atoms with van der Waals surface area (Å²) in [6.45, 7) is 6.69. The van der Waals surface area contributed by atoms with E-state index in [1.54, 1.807) is 0 Å². The van der Waals surface area contributed by atoms with Crippen LogP contribution in [0.15, 0.2) is 30.3 Å². The van der Waals surface area contributed by atoms with E-state index in [1.807, 2.05) is 23.5 Å². The molecule has 1 atom stereocenters. The fourth-order valence-corrected chi connectivity index (χ4v) is 4.43. The van der Waals surface area contributed by atoms with Gasteiger partial charge in [0.25, 0.3) is 0 Å². The summed E-state index contributed by atoms with van der Waals surface area (Å²) < 4.78 is 0. The quantitative estimate of drug-likeness (QED) is 0.771. The molecule has 3 rings (SSSR count). The standard InChI is InChI=1S/C18H22ClNS/c1-11-8-18(13(3)21-11)12(2)20-17-9-15(10-17)14-4-6-16(19)7-5-14/h4-8,12,15,17,20H,9-10H2,1-3H3. The van der Waals surface area contributed by atoms with Gasteiger partial charge in [0, 0.05) is 26.9 Å². The Bertz CT molecular complexity index is 611. The predicted octanol–water partition coefficient (Wildman–Crippen LogP) is 5.62. The van der Waals surface area contributed by atoms with Crippen molar-refractivity contribution in [1.82, 2.24) is 5.32 Å². The van der Waals surface area contributed by atoms with Crippen LogP contribution in [0.4, 0.5) is 0 Å². The van der Waals surface area contributed by atoms with Gasteiger partial charge in [-0.2, -0.15) is 0 Å². The third-order valence-electron chi connectivity index (χ3n) is 4.51. The van der Waals surface area contributed by atoms with E-state index in [0.29, 0.717) is 18.0 Å². The second-order valence-electron chi connectivity index (χ2n) is 6.17. The highest BCUT2D eigenvalue weighted by Gasteiger charge is 2.31. The number of benzene rings is 1. The van der Waals surface area contributed by atoms with Crippen LogP contribution in [0.2, 0.25) is 5.02 Å². The number of halogens is 1. The van der Waals surface area contributed by atoms with Crippen LogP contribution in [0.1, 0.15) is 52.6 Å². The van der Waals surface area contributed by atoms with E-state index < -0.39 is 0 Å². The summed E-state index contributed by atoms with van der Waals surface area (Å²) in [5.41, 5.74) is 2.89. The van der Waals surface area contributed by atoms with Crippen molar-refractivity contribution in [3.05, 3.63) is 56.2 Å². The molecule has 0 bridgehead atoms. The van der Waals surface area contributed by atoms with Crippen molar-refractivity contribution >= 4 is 22.9 Å². The zero-order valence-electron chi connectivity index (χ0n) is 12.8. The Morgan fingerprint density at radius 3 is 2.43 bits per heavy atom. The topological polar surface area (TPSA) is 12.0 Å². The molecule has 112 valence electrons. The molecule has 0 amide bonds. The van der Waals surface area contributed by atoms with Gasteiger partial charge >= 0.3 is 0 Å². The van der Waals surface area contributed by atoms with Crippen molar-refractivity contribution < 1.29 is 0 Å². The molecule has 1 fully saturated rings. The van der Waals surface area contributed by atoms with Gasteiger partial charge in [0.15, 0.2) is 0 Å². The van der Waals surface area contributed by atoms with E-state index in [-0.39, 0.29) is 0 Å². The minimum absolute atomic E-state index is 0.450. The summed E-state index contributed by atoms with van der Waals surface area (Å²) >= 11 is 7.84. The van der Waals surface area contributed by atoms with Crippen LogP contribution in [0.25, 0.3) is 0 Å². The zero-order valence-corrected chi connectivity index (χ0v) is 14.4. The third-order valence-corrected chi connectivity index (χ3v) is 5.74. The van der Waals surface area contributed by atoms with Gasteiger partial charge in [0.2, 0.25) is 0 Å². The largest absolute Gasteiger partial charge is 0.307 e. The maximum atomic E-state index is 5.95. The summed E-state index contributed by atoms with van der Waals surface area (Å²) in [7, 11) is 0. The maximum Gasteiger partial charge on any atom is 0.0406 e. The molecule has 1 aromatic heterocycles. The second kappa shape index (κ2) is 6.12. The molecule has 2 aromatic rings. The van der Waals surface area contributed by atoms with Gasteiger partial charge < -0.3 is 5.32 Å². The first-order chi connectivity index (χ1) is 10.0. The first kappa shape index (κ1) is 15.1. The monoisotopic (exact) mass is 319 g/mol. The number of rotatable bonds is 4. The minimum atomic E-state index is 0.450. The van der Waals surface area contributed by atoms with Gasteiger partial charge in [-0.15, -0.1) is 11.3 Å². The van der Waals surface area contributed by atoms with Crippen molar-refractivity contribution in [1.29, 1.82) is 0 Å². The fraction of sp³-hybridized carbons (Fsp3) is 0.444. The SMILES string of the molecule is Cc1cc(C(C)NC2CC(c3ccc(Cl)cc3)C2)c(C)s1. The average molecular weight is 320 g/mol. The Morgan fingerprint density at radius 1 is 1.19 bits per heavy atom. The van der Waals surface area contributed by atoms with Crippen molar-refractivity contribution in [3.8, 4) is 0 Å². The van der Waals surface area contributed by atoms with Gasteiger partial charge in [0.05, 0.1) is 0 Å². The molecule has 1 aliphatic carbocycles. The fourth-order valence-electron chi connectivity index (χ4n) is 3.28. The van der Waals surface area contributed by atoms with Gasteiger partial charge in [-0.3, -0.25) is 0 Å². The summed E-state index contributed by atoms with van der Waals surface area (Å²) in [5.74, 6) is 0.692. The molecule has 0 spiro atoms. The Kier molecular flexibility index (Phi) is 4.39. The predicted molar refractivity (Wildman–Crippen MR) is 92.6 cm³/mol. The van der Waals surface area contributed by atoms with Gasteiger partial charge in [-0.05, 0) is 68.9 Å². The highest BCUT2D eigenvalue weighted by molar-refractivity contribution is 7.12. The number of hydrogen-bond acceptors (Lipinski definition) is 2. The molecule has 0 aliphatic heterocycles. The molecule has 1 unspecified atom stereocenters. The Balaban J connectivity index is 1.55. The van der Waals surface area contributed by atoms with Crippen LogP contribution >= 0.6 is 22.9 Å². The van der Waals surface area contributed by atoms with E-state index in [1.165, 1.54) is 33.7 Å².